The monoisotopic (exact) mass is 486 g/mol. The van der Waals surface area contributed by atoms with Crippen molar-refractivity contribution >= 4 is 29.1 Å². The standard InChI is InChI=1S/C26H23ClN6O2/c1-16-8-3-6-13-22(16)29-25(34)23-17(2)28-26-30-31-32-33(26)24(23)18-10-7-11-20(14-18)35-15-19-9-4-5-12-21(19)27/h3-14,24H,15H2,1-2H3,(H,29,34)(H,28,30,32). The van der Waals surface area contributed by atoms with Crippen LogP contribution in [0.1, 0.15) is 29.7 Å². The fourth-order valence-electron chi connectivity index (χ4n) is 4.07. The van der Waals surface area contributed by atoms with Gasteiger partial charge in [-0.05, 0) is 59.7 Å². The van der Waals surface area contributed by atoms with Gasteiger partial charge < -0.3 is 15.4 Å². The summed E-state index contributed by atoms with van der Waals surface area (Å²) in [5, 5.41) is 18.9. The molecule has 1 unspecified atom stereocenters. The molecule has 1 aliphatic rings. The van der Waals surface area contributed by atoms with Crippen molar-refractivity contribution in [1.29, 1.82) is 0 Å². The number of rotatable bonds is 6. The molecule has 9 heteroatoms. The highest BCUT2D eigenvalue weighted by atomic mass is 35.5. The van der Waals surface area contributed by atoms with Crippen LogP contribution in [0, 0.1) is 6.92 Å². The number of hydrogen-bond donors (Lipinski definition) is 2. The second-order valence-corrected chi connectivity index (χ2v) is 8.64. The topological polar surface area (TPSA) is 94.0 Å². The third kappa shape index (κ3) is 4.61. The van der Waals surface area contributed by atoms with Crippen molar-refractivity contribution in [2.24, 2.45) is 0 Å². The predicted molar refractivity (Wildman–Crippen MR) is 134 cm³/mol. The van der Waals surface area contributed by atoms with E-state index < -0.39 is 6.04 Å². The van der Waals surface area contributed by atoms with Crippen LogP contribution in [0.2, 0.25) is 5.02 Å². The molecule has 3 aromatic carbocycles. The van der Waals surface area contributed by atoms with E-state index in [0.717, 1.165) is 22.4 Å². The summed E-state index contributed by atoms with van der Waals surface area (Å²) in [7, 11) is 0. The minimum absolute atomic E-state index is 0.238. The van der Waals surface area contributed by atoms with Crippen LogP contribution in [0.4, 0.5) is 11.6 Å². The van der Waals surface area contributed by atoms with E-state index in [-0.39, 0.29) is 5.91 Å². The van der Waals surface area contributed by atoms with Gasteiger partial charge in [-0.25, -0.2) is 0 Å². The molecule has 1 atom stereocenters. The third-order valence-corrected chi connectivity index (χ3v) is 6.25. The molecule has 0 saturated carbocycles. The van der Waals surface area contributed by atoms with Crippen molar-refractivity contribution in [3.05, 3.63) is 106 Å². The van der Waals surface area contributed by atoms with E-state index in [2.05, 4.69) is 26.2 Å². The number of para-hydroxylation sites is 1. The van der Waals surface area contributed by atoms with Crippen LogP contribution in [-0.4, -0.2) is 26.1 Å². The molecule has 1 aromatic heterocycles. The van der Waals surface area contributed by atoms with E-state index in [1.54, 1.807) is 4.68 Å². The van der Waals surface area contributed by atoms with Crippen molar-refractivity contribution in [3.8, 4) is 5.75 Å². The maximum Gasteiger partial charge on any atom is 0.255 e. The number of amides is 1. The number of allylic oxidation sites excluding steroid dienone is 1. The second kappa shape index (κ2) is 9.60. The average molecular weight is 487 g/mol. The zero-order chi connectivity index (χ0) is 24.4. The summed E-state index contributed by atoms with van der Waals surface area (Å²) in [6.07, 6.45) is 0. The summed E-state index contributed by atoms with van der Waals surface area (Å²) in [6, 6.07) is 22.2. The molecule has 0 radical (unpaired) electrons. The van der Waals surface area contributed by atoms with Gasteiger partial charge in [0.2, 0.25) is 5.95 Å². The van der Waals surface area contributed by atoms with Crippen LogP contribution in [-0.2, 0) is 11.4 Å². The lowest BCUT2D eigenvalue weighted by Crippen LogP contribution is -2.31. The quantitative estimate of drug-likeness (QED) is 0.392. The Morgan fingerprint density at radius 1 is 1.09 bits per heavy atom. The fourth-order valence-corrected chi connectivity index (χ4v) is 4.26. The van der Waals surface area contributed by atoms with E-state index in [4.69, 9.17) is 16.3 Å². The number of ether oxygens (including phenoxy) is 1. The van der Waals surface area contributed by atoms with Crippen LogP contribution < -0.4 is 15.4 Å². The van der Waals surface area contributed by atoms with Gasteiger partial charge in [-0.1, -0.05) is 65.2 Å². The van der Waals surface area contributed by atoms with E-state index in [9.17, 15) is 4.79 Å². The average Bonchev–Trinajstić information content (AvgIpc) is 3.32. The zero-order valence-corrected chi connectivity index (χ0v) is 20.0. The van der Waals surface area contributed by atoms with Gasteiger partial charge in [0.1, 0.15) is 18.4 Å². The number of aromatic nitrogens is 4. The Morgan fingerprint density at radius 3 is 2.71 bits per heavy atom. The molecule has 0 spiro atoms. The zero-order valence-electron chi connectivity index (χ0n) is 19.2. The molecule has 5 rings (SSSR count). The largest absolute Gasteiger partial charge is 0.489 e. The van der Waals surface area contributed by atoms with Crippen molar-refractivity contribution < 1.29 is 9.53 Å². The van der Waals surface area contributed by atoms with E-state index >= 15 is 0 Å². The molecule has 35 heavy (non-hydrogen) atoms. The maximum absolute atomic E-state index is 13.5. The third-order valence-electron chi connectivity index (χ3n) is 5.88. The van der Waals surface area contributed by atoms with Crippen LogP contribution in [0.15, 0.2) is 84.1 Å². The maximum atomic E-state index is 13.5. The van der Waals surface area contributed by atoms with E-state index in [1.807, 2.05) is 86.6 Å². The molecule has 0 aliphatic carbocycles. The SMILES string of the molecule is CC1=C(C(=O)Nc2ccccc2C)C(c2cccc(OCc3ccccc3Cl)c2)n2nnnc2N1. The minimum atomic E-state index is -0.547. The lowest BCUT2D eigenvalue weighted by atomic mass is 9.94. The Bertz CT molecular complexity index is 1430. The Morgan fingerprint density at radius 2 is 1.89 bits per heavy atom. The highest BCUT2D eigenvalue weighted by Gasteiger charge is 2.34. The number of carbonyl (C=O) groups is 1. The first-order valence-corrected chi connectivity index (χ1v) is 11.5. The number of nitrogens with one attached hydrogen (secondary N) is 2. The van der Waals surface area contributed by atoms with Gasteiger partial charge >= 0.3 is 0 Å². The molecule has 0 saturated heterocycles. The van der Waals surface area contributed by atoms with Gasteiger partial charge in [-0.2, -0.15) is 4.68 Å². The first kappa shape index (κ1) is 22.6. The van der Waals surface area contributed by atoms with Gasteiger partial charge in [0.15, 0.2) is 0 Å². The summed E-state index contributed by atoms with van der Waals surface area (Å²) in [5.74, 6) is 0.868. The number of nitrogens with zero attached hydrogens (tertiary/aromatic N) is 4. The normalized spacial score (nSPS) is 14.8. The summed E-state index contributed by atoms with van der Waals surface area (Å²) in [4.78, 5) is 13.5. The number of aryl methyl sites for hydroxylation is 1. The Hall–Kier alpha value is -4.17. The van der Waals surface area contributed by atoms with Crippen molar-refractivity contribution in [1.82, 2.24) is 20.2 Å². The van der Waals surface area contributed by atoms with Gasteiger partial charge in [-0.3, -0.25) is 4.79 Å². The highest BCUT2D eigenvalue weighted by Crippen LogP contribution is 2.36. The molecular weight excluding hydrogens is 464 g/mol. The van der Waals surface area contributed by atoms with Gasteiger partial charge in [-0.15, -0.1) is 0 Å². The summed E-state index contributed by atoms with van der Waals surface area (Å²) < 4.78 is 7.63. The summed E-state index contributed by atoms with van der Waals surface area (Å²) in [6.45, 7) is 4.11. The smallest absolute Gasteiger partial charge is 0.255 e. The molecule has 0 bridgehead atoms. The Kier molecular flexibility index (Phi) is 6.20. The van der Waals surface area contributed by atoms with E-state index in [1.165, 1.54) is 0 Å². The molecule has 8 nitrogen and oxygen atoms in total. The number of fused-ring (bicyclic) bond motifs is 1. The minimum Gasteiger partial charge on any atom is -0.489 e. The molecule has 1 aliphatic heterocycles. The Labute approximate surface area is 207 Å². The molecule has 2 N–H and O–H groups in total. The molecular formula is C26H23ClN6O2. The summed E-state index contributed by atoms with van der Waals surface area (Å²) in [5.41, 5.74) is 4.60. The van der Waals surface area contributed by atoms with Crippen LogP contribution in [0.3, 0.4) is 0 Å². The van der Waals surface area contributed by atoms with Crippen molar-refractivity contribution in [2.45, 2.75) is 26.5 Å². The lowest BCUT2D eigenvalue weighted by Gasteiger charge is -2.28. The first-order chi connectivity index (χ1) is 17.0. The number of carbonyl (C=O) groups excluding carboxylic acids is 1. The van der Waals surface area contributed by atoms with Gasteiger partial charge in [0, 0.05) is 22.0 Å². The Balaban J connectivity index is 1.48. The number of tetrazole rings is 1. The lowest BCUT2D eigenvalue weighted by molar-refractivity contribution is -0.113. The number of hydrogen-bond acceptors (Lipinski definition) is 6. The van der Waals surface area contributed by atoms with Crippen LogP contribution in [0.25, 0.3) is 0 Å². The number of benzene rings is 3. The molecule has 1 amide bonds. The summed E-state index contributed by atoms with van der Waals surface area (Å²) >= 11 is 6.27. The van der Waals surface area contributed by atoms with Gasteiger partial charge in [0.25, 0.3) is 5.91 Å². The predicted octanol–water partition coefficient (Wildman–Crippen LogP) is 5.14. The molecule has 176 valence electrons. The number of halogens is 1. The van der Waals surface area contributed by atoms with E-state index in [0.29, 0.717) is 34.6 Å². The molecule has 2 heterocycles. The van der Waals surface area contributed by atoms with Gasteiger partial charge in [0.05, 0.1) is 5.57 Å². The second-order valence-electron chi connectivity index (χ2n) is 8.23. The molecule has 0 fully saturated rings. The van der Waals surface area contributed by atoms with Crippen molar-refractivity contribution in [3.63, 3.8) is 0 Å². The molecule has 4 aromatic rings. The number of anilines is 2. The van der Waals surface area contributed by atoms with Crippen LogP contribution >= 0.6 is 11.6 Å². The first-order valence-electron chi connectivity index (χ1n) is 11.1. The fraction of sp³-hybridized carbons (Fsp3) is 0.154. The highest BCUT2D eigenvalue weighted by molar-refractivity contribution is 6.31. The van der Waals surface area contributed by atoms with Crippen LogP contribution in [0.5, 0.6) is 5.75 Å². The van der Waals surface area contributed by atoms with Crippen molar-refractivity contribution in [2.75, 3.05) is 10.6 Å².